The SMILES string of the molecule is COC(=O)CNC(=O)[C@@H](CC(C)C)NC(=O)[C@H](Cc1ccccc1)NC(=O)OC(C)(C)C. The Morgan fingerprint density at radius 2 is 1.56 bits per heavy atom. The van der Waals surface area contributed by atoms with E-state index >= 15 is 0 Å². The highest BCUT2D eigenvalue weighted by molar-refractivity contribution is 5.92. The third-order valence-electron chi connectivity index (χ3n) is 4.26. The largest absolute Gasteiger partial charge is 0.468 e. The van der Waals surface area contributed by atoms with Crippen molar-refractivity contribution < 1.29 is 28.7 Å². The predicted octanol–water partition coefficient (Wildman–Crippen LogP) is 1.94. The van der Waals surface area contributed by atoms with E-state index in [4.69, 9.17) is 4.74 Å². The average molecular weight is 450 g/mol. The van der Waals surface area contributed by atoms with Crippen molar-refractivity contribution in [1.82, 2.24) is 16.0 Å². The van der Waals surface area contributed by atoms with Crippen molar-refractivity contribution in [2.45, 2.75) is 65.1 Å². The molecule has 1 aromatic carbocycles. The molecule has 178 valence electrons. The van der Waals surface area contributed by atoms with Crippen molar-refractivity contribution in [2.75, 3.05) is 13.7 Å². The number of hydrogen-bond acceptors (Lipinski definition) is 6. The first-order chi connectivity index (χ1) is 14.9. The zero-order valence-electron chi connectivity index (χ0n) is 19.7. The number of methoxy groups -OCH3 is 1. The van der Waals surface area contributed by atoms with Gasteiger partial charge in [-0.15, -0.1) is 0 Å². The fraction of sp³-hybridized carbons (Fsp3) is 0.565. The van der Waals surface area contributed by atoms with Gasteiger partial charge in [-0.05, 0) is 38.7 Å². The third-order valence-corrected chi connectivity index (χ3v) is 4.26. The van der Waals surface area contributed by atoms with Crippen LogP contribution in [0.3, 0.4) is 0 Å². The Hall–Kier alpha value is -3.10. The lowest BCUT2D eigenvalue weighted by atomic mass is 10.0. The third kappa shape index (κ3) is 10.8. The van der Waals surface area contributed by atoms with Crippen molar-refractivity contribution in [2.24, 2.45) is 5.92 Å². The van der Waals surface area contributed by atoms with Crippen molar-refractivity contribution in [3.05, 3.63) is 35.9 Å². The number of benzene rings is 1. The van der Waals surface area contributed by atoms with Gasteiger partial charge in [0.15, 0.2) is 0 Å². The van der Waals surface area contributed by atoms with Gasteiger partial charge in [-0.1, -0.05) is 44.2 Å². The Kier molecular flexibility index (Phi) is 10.7. The first kappa shape index (κ1) is 26.9. The highest BCUT2D eigenvalue weighted by atomic mass is 16.6. The Balaban J connectivity index is 2.98. The minimum atomic E-state index is -0.963. The Morgan fingerprint density at radius 3 is 2.09 bits per heavy atom. The van der Waals surface area contributed by atoms with Gasteiger partial charge in [0.2, 0.25) is 11.8 Å². The number of carbonyl (C=O) groups is 4. The summed E-state index contributed by atoms with van der Waals surface area (Å²) < 4.78 is 9.82. The zero-order valence-corrected chi connectivity index (χ0v) is 19.7. The summed E-state index contributed by atoms with van der Waals surface area (Å²) in [6.07, 6.45) is -0.169. The van der Waals surface area contributed by atoms with Crippen molar-refractivity contribution in [3.63, 3.8) is 0 Å². The maximum atomic E-state index is 13.1. The summed E-state index contributed by atoms with van der Waals surface area (Å²) in [6.45, 7) is 8.69. The van der Waals surface area contributed by atoms with Gasteiger partial charge < -0.3 is 25.4 Å². The van der Waals surface area contributed by atoms with Gasteiger partial charge in [0, 0.05) is 6.42 Å². The van der Waals surface area contributed by atoms with Gasteiger partial charge in [-0.2, -0.15) is 0 Å². The molecule has 9 nitrogen and oxygen atoms in total. The van der Waals surface area contributed by atoms with E-state index in [9.17, 15) is 19.2 Å². The Bertz CT molecular complexity index is 774. The first-order valence-corrected chi connectivity index (χ1v) is 10.6. The molecule has 0 aliphatic heterocycles. The second kappa shape index (κ2) is 12.7. The quantitative estimate of drug-likeness (QED) is 0.469. The van der Waals surface area contributed by atoms with E-state index in [1.807, 2.05) is 44.2 Å². The molecule has 0 saturated heterocycles. The highest BCUT2D eigenvalue weighted by Crippen LogP contribution is 2.10. The van der Waals surface area contributed by atoms with Gasteiger partial charge >= 0.3 is 12.1 Å². The molecular formula is C23H35N3O6. The molecular weight excluding hydrogens is 414 g/mol. The lowest BCUT2D eigenvalue weighted by Gasteiger charge is -2.26. The standard InChI is InChI=1S/C23H35N3O6/c1-15(2)12-17(20(28)24-14-19(27)31-6)25-21(29)18(13-16-10-8-7-9-11-16)26-22(30)32-23(3,4)5/h7-11,15,17-18H,12-14H2,1-6H3,(H,24,28)(H,25,29)(H,26,30)/t17-,18+/m1/s1. The number of hydrogen-bond donors (Lipinski definition) is 3. The summed E-state index contributed by atoms with van der Waals surface area (Å²) in [5, 5.41) is 7.77. The molecule has 0 spiro atoms. The summed E-state index contributed by atoms with van der Waals surface area (Å²) >= 11 is 0. The fourth-order valence-electron chi connectivity index (χ4n) is 2.84. The summed E-state index contributed by atoms with van der Waals surface area (Å²) in [5.74, 6) is -1.54. The summed E-state index contributed by atoms with van der Waals surface area (Å²) in [4.78, 5) is 49.3. The van der Waals surface area contributed by atoms with E-state index in [0.717, 1.165) is 5.56 Å². The summed E-state index contributed by atoms with van der Waals surface area (Å²) in [5.41, 5.74) is 0.102. The average Bonchev–Trinajstić information content (AvgIpc) is 2.69. The van der Waals surface area contributed by atoms with Crippen LogP contribution in [-0.2, 0) is 30.3 Å². The number of rotatable bonds is 10. The van der Waals surface area contributed by atoms with Gasteiger partial charge in [-0.3, -0.25) is 14.4 Å². The summed E-state index contributed by atoms with van der Waals surface area (Å²) in [7, 11) is 1.22. The summed E-state index contributed by atoms with van der Waals surface area (Å²) in [6, 6.07) is 7.35. The molecule has 32 heavy (non-hydrogen) atoms. The molecule has 1 aromatic rings. The number of alkyl carbamates (subject to hydrolysis) is 1. The van der Waals surface area contributed by atoms with E-state index in [1.54, 1.807) is 20.8 Å². The van der Waals surface area contributed by atoms with E-state index in [-0.39, 0.29) is 18.9 Å². The number of amides is 3. The monoisotopic (exact) mass is 449 g/mol. The van der Waals surface area contributed by atoms with E-state index in [0.29, 0.717) is 6.42 Å². The number of carbonyl (C=O) groups excluding carboxylic acids is 4. The smallest absolute Gasteiger partial charge is 0.408 e. The number of esters is 1. The lowest BCUT2D eigenvalue weighted by molar-refractivity contribution is -0.141. The van der Waals surface area contributed by atoms with Crippen LogP contribution in [0.2, 0.25) is 0 Å². The van der Waals surface area contributed by atoms with Gasteiger partial charge in [0.1, 0.15) is 24.2 Å². The van der Waals surface area contributed by atoms with Gasteiger partial charge in [0.05, 0.1) is 7.11 Å². The first-order valence-electron chi connectivity index (χ1n) is 10.6. The topological polar surface area (TPSA) is 123 Å². The Labute approximate surface area is 189 Å². The van der Waals surface area contributed by atoms with E-state index < -0.39 is 41.6 Å². The van der Waals surface area contributed by atoms with Crippen LogP contribution in [0.25, 0.3) is 0 Å². The molecule has 9 heteroatoms. The molecule has 0 heterocycles. The van der Waals surface area contributed by atoms with Crippen LogP contribution in [-0.4, -0.2) is 55.2 Å². The molecule has 0 unspecified atom stereocenters. The fourth-order valence-corrected chi connectivity index (χ4v) is 2.84. The molecule has 0 bridgehead atoms. The molecule has 0 aromatic heterocycles. The maximum Gasteiger partial charge on any atom is 0.408 e. The van der Waals surface area contributed by atoms with Crippen LogP contribution >= 0.6 is 0 Å². The van der Waals surface area contributed by atoms with Crippen LogP contribution < -0.4 is 16.0 Å². The van der Waals surface area contributed by atoms with Crippen molar-refractivity contribution in [1.29, 1.82) is 0 Å². The molecule has 0 aliphatic carbocycles. The van der Waals surface area contributed by atoms with Crippen LogP contribution in [0.5, 0.6) is 0 Å². The molecule has 0 radical (unpaired) electrons. The number of ether oxygens (including phenoxy) is 2. The van der Waals surface area contributed by atoms with Gasteiger partial charge in [-0.25, -0.2) is 4.79 Å². The van der Waals surface area contributed by atoms with E-state index in [1.165, 1.54) is 7.11 Å². The van der Waals surface area contributed by atoms with Crippen molar-refractivity contribution in [3.8, 4) is 0 Å². The molecule has 2 atom stereocenters. The molecule has 0 aliphatic rings. The molecule has 3 N–H and O–H groups in total. The van der Waals surface area contributed by atoms with Crippen molar-refractivity contribution >= 4 is 23.9 Å². The van der Waals surface area contributed by atoms with Crippen LogP contribution in [0, 0.1) is 5.92 Å². The molecule has 1 rings (SSSR count). The second-order valence-electron chi connectivity index (χ2n) is 8.87. The number of nitrogens with one attached hydrogen (secondary N) is 3. The van der Waals surface area contributed by atoms with Gasteiger partial charge in [0.25, 0.3) is 0 Å². The lowest BCUT2D eigenvalue weighted by Crippen LogP contribution is -2.55. The second-order valence-corrected chi connectivity index (χ2v) is 8.87. The van der Waals surface area contributed by atoms with Crippen LogP contribution in [0.15, 0.2) is 30.3 Å². The maximum absolute atomic E-state index is 13.1. The highest BCUT2D eigenvalue weighted by Gasteiger charge is 2.29. The Morgan fingerprint density at radius 1 is 0.938 bits per heavy atom. The minimum Gasteiger partial charge on any atom is -0.468 e. The predicted molar refractivity (Wildman–Crippen MR) is 120 cm³/mol. The zero-order chi connectivity index (χ0) is 24.3. The molecule has 0 fully saturated rings. The molecule has 0 saturated carbocycles. The normalized spacial score (nSPS) is 13.0. The minimum absolute atomic E-state index is 0.0931. The van der Waals surface area contributed by atoms with E-state index in [2.05, 4.69) is 20.7 Å². The molecule has 3 amide bonds. The van der Waals surface area contributed by atoms with Crippen LogP contribution in [0.4, 0.5) is 4.79 Å². The van der Waals surface area contributed by atoms with Crippen LogP contribution in [0.1, 0.15) is 46.6 Å².